The lowest BCUT2D eigenvalue weighted by Gasteiger charge is -2.19. The Bertz CT molecular complexity index is 2640. The third-order valence-corrected chi connectivity index (χ3v) is 21.5. The van der Waals surface area contributed by atoms with Gasteiger partial charge in [0.1, 0.15) is 0 Å². The van der Waals surface area contributed by atoms with Crippen molar-refractivity contribution in [1.29, 1.82) is 5.26 Å². The Hall–Kier alpha value is -4.44. The number of nitrogens with zero attached hydrogens (tertiary/aromatic N) is 2. The molecule has 0 heterocycles. The molecule has 3 aromatic carbocycles. The van der Waals surface area contributed by atoms with Crippen LogP contribution in [0.4, 0.5) is 0 Å². The molecule has 92 heavy (non-hydrogen) atoms. The number of nitriles is 1. The fourth-order valence-corrected chi connectivity index (χ4v) is 14.3. The molecule has 0 unspecified atom stereocenters. The van der Waals surface area contributed by atoms with E-state index in [0.29, 0.717) is 55.0 Å². The van der Waals surface area contributed by atoms with Crippen LogP contribution in [-0.4, -0.2) is 82.2 Å². The van der Waals surface area contributed by atoms with Crippen LogP contribution in [0.15, 0.2) is 99.7 Å². The van der Waals surface area contributed by atoms with Crippen LogP contribution in [-0.2, 0) is 30.1 Å². The second-order valence-corrected chi connectivity index (χ2v) is 30.4. The molecule has 0 amide bonds. The minimum Gasteiger partial charge on any atom is -0.490 e. The Morgan fingerprint density at radius 3 is 0.891 bits per heavy atom. The number of nitrogens with one attached hydrogen (secondary N) is 2. The molecular formula is C75H124N4O10S3. The van der Waals surface area contributed by atoms with Crippen molar-refractivity contribution in [3.63, 3.8) is 0 Å². The van der Waals surface area contributed by atoms with E-state index in [2.05, 4.69) is 37.1 Å². The normalized spacial score (nSPS) is 12.2. The number of hydrogen-bond donors (Lipinski definition) is 2. The van der Waals surface area contributed by atoms with Gasteiger partial charge in [-0.2, -0.15) is 9.57 Å². The standard InChI is InChI=1S/C75H124N4O10S3/c1-5-9-13-17-21-25-29-33-37-45-61-86-72-55-53-70(65-74(72)88-63-47-39-35-31-27-23-19-15-11-7-3)90(80,81)77-57-41-43-59-79(92(84,85)69-51-49-68(67-76)50-52-69)60-44-42-58-78-91(82,83)71-54-56-73(87-62-46-38-34-30-26-22-18-14-10-6-2)75(66-71)89-64-48-40-36-32-28-24-20-16-12-8-4/h41-44,49-56,65-66,77-78H,5-40,45-48,57-64H2,1-4H3/b43-41+,44-42+. The van der Waals surface area contributed by atoms with Gasteiger partial charge >= 0.3 is 0 Å². The van der Waals surface area contributed by atoms with E-state index in [1.165, 1.54) is 233 Å². The van der Waals surface area contributed by atoms with Crippen LogP contribution in [0.5, 0.6) is 23.0 Å². The first-order valence-corrected chi connectivity index (χ1v) is 40.8. The highest BCUT2D eigenvalue weighted by atomic mass is 32.2. The van der Waals surface area contributed by atoms with Crippen molar-refractivity contribution in [1.82, 2.24) is 13.7 Å². The Morgan fingerprint density at radius 2 is 0.609 bits per heavy atom. The summed E-state index contributed by atoms with van der Waals surface area (Å²) < 4.78 is 115. The first-order valence-electron chi connectivity index (χ1n) is 36.4. The predicted molar refractivity (Wildman–Crippen MR) is 381 cm³/mol. The first-order chi connectivity index (χ1) is 44.8. The molecule has 0 atom stereocenters. The van der Waals surface area contributed by atoms with Gasteiger partial charge in [0, 0.05) is 38.3 Å². The number of sulfonamides is 3. The summed E-state index contributed by atoms with van der Waals surface area (Å²) in [6.07, 6.45) is 54.2. The van der Waals surface area contributed by atoms with Gasteiger partial charge in [0.15, 0.2) is 23.0 Å². The van der Waals surface area contributed by atoms with Gasteiger partial charge in [-0.3, -0.25) is 0 Å². The van der Waals surface area contributed by atoms with Crippen LogP contribution < -0.4 is 28.4 Å². The summed E-state index contributed by atoms with van der Waals surface area (Å²) in [5.41, 5.74) is 0.299. The largest absolute Gasteiger partial charge is 0.490 e. The van der Waals surface area contributed by atoms with Crippen molar-refractivity contribution < 1.29 is 44.2 Å². The molecule has 3 rings (SSSR count). The van der Waals surface area contributed by atoms with Crippen molar-refractivity contribution in [2.24, 2.45) is 0 Å². The summed E-state index contributed by atoms with van der Waals surface area (Å²) in [6, 6.07) is 17.0. The van der Waals surface area contributed by atoms with Crippen LogP contribution >= 0.6 is 0 Å². The van der Waals surface area contributed by atoms with Crippen molar-refractivity contribution in [3.8, 4) is 29.1 Å². The van der Waals surface area contributed by atoms with E-state index in [4.69, 9.17) is 18.9 Å². The highest BCUT2D eigenvalue weighted by Crippen LogP contribution is 2.33. The molecule has 522 valence electrons. The molecule has 17 heteroatoms. The zero-order valence-electron chi connectivity index (χ0n) is 57.7. The summed E-state index contributed by atoms with van der Waals surface area (Å²) >= 11 is 0. The van der Waals surface area contributed by atoms with Gasteiger partial charge in [0.05, 0.1) is 52.7 Å². The second kappa shape index (κ2) is 52.8. The maximum absolute atomic E-state index is 14.1. The molecule has 0 aliphatic rings. The molecule has 2 N–H and O–H groups in total. The van der Waals surface area contributed by atoms with E-state index in [0.717, 1.165) is 77.0 Å². The van der Waals surface area contributed by atoms with Crippen LogP contribution in [0.2, 0.25) is 0 Å². The maximum Gasteiger partial charge on any atom is 0.243 e. The van der Waals surface area contributed by atoms with Crippen molar-refractivity contribution in [2.75, 3.05) is 52.6 Å². The predicted octanol–water partition coefficient (Wildman–Crippen LogP) is 19.8. The third kappa shape index (κ3) is 37.6. The van der Waals surface area contributed by atoms with E-state index in [1.807, 2.05) is 6.07 Å². The number of rotatable bonds is 62. The quantitative estimate of drug-likeness (QED) is 0.0404. The lowest BCUT2D eigenvalue weighted by atomic mass is 10.1. The Kier molecular flexibility index (Phi) is 46.9. The van der Waals surface area contributed by atoms with Gasteiger partial charge in [0.2, 0.25) is 30.1 Å². The number of unbranched alkanes of at least 4 members (excludes halogenated alkanes) is 36. The van der Waals surface area contributed by atoms with Gasteiger partial charge in [-0.1, -0.05) is 283 Å². The Morgan fingerprint density at radius 1 is 0.348 bits per heavy atom. The number of hydrogen-bond acceptors (Lipinski definition) is 11. The van der Waals surface area contributed by atoms with Gasteiger partial charge in [-0.15, -0.1) is 0 Å². The lowest BCUT2D eigenvalue weighted by molar-refractivity contribution is 0.257. The van der Waals surface area contributed by atoms with Crippen LogP contribution in [0.25, 0.3) is 0 Å². The molecule has 0 aromatic heterocycles. The molecule has 0 radical (unpaired) electrons. The summed E-state index contributed by atoms with van der Waals surface area (Å²) in [5, 5.41) is 9.41. The fourth-order valence-electron chi connectivity index (χ4n) is 11.0. The van der Waals surface area contributed by atoms with Crippen LogP contribution in [0.3, 0.4) is 0 Å². The zero-order chi connectivity index (χ0) is 66.5. The summed E-state index contributed by atoms with van der Waals surface area (Å²) in [7, 11) is -12.2. The van der Waals surface area contributed by atoms with Gasteiger partial charge in [0.25, 0.3) is 0 Å². The average molecular weight is 1340 g/mol. The SMILES string of the molecule is CCCCCCCCCCCCOc1ccc(S(=O)(=O)NC/C=C/CN(C/C=C/CNS(=O)(=O)c2ccc(OCCCCCCCCCCCC)c(OCCCCCCCCCCCC)c2)S(=O)(=O)c2ccc(C#N)cc2)cc1OCCCCCCCCCCCC. The smallest absolute Gasteiger partial charge is 0.243 e. The highest BCUT2D eigenvalue weighted by molar-refractivity contribution is 7.90. The van der Waals surface area contributed by atoms with Gasteiger partial charge in [-0.25, -0.2) is 34.7 Å². The Labute approximate surface area is 561 Å². The van der Waals surface area contributed by atoms with Crippen molar-refractivity contribution in [3.05, 3.63) is 90.5 Å². The highest BCUT2D eigenvalue weighted by Gasteiger charge is 2.24. The number of benzene rings is 3. The zero-order valence-corrected chi connectivity index (χ0v) is 60.2. The van der Waals surface area contributed by atoms with E-state index in [9.17, 15) is 30.5 Å². The molecule has 0 spiro atoms. The van der Waals surface area contributed by atoms with E-state index >= 15 is 0 Å². The van der Waals surface area contributed by atoms with Crippen LogP contribution in [0, 0.1) is 11.3 Å². The average Bonchev–Trinajstić information content (AvgIpc) is 0.944. The molecule has 3 aromatic rings. The first kappa shape index (κ1) is 81.8. The maximum atomic E-state index is 14.1. The van der Waals surface area contributed by atoms with Crippen molar-refractivity contribution >= 4 is 30.1 Å². The second-order valence-electron chi connectivity index (χ2n) is 24.9. The minimum atomic E-state index is -4.15. The molecule has 0 aliphatic heterocycles. The van der Waals surface area contributed by atoms with E-state index < -0.39 is 30.1 Å². The molecule has 0 aliphatic carbocycles. The molecule has 0 saturated heterocycles. The summed E-state index contributed by atoms with van der Waals surface area (Å²) in [5.74, 6) is 1.80. The van der Waals surface area contributed by atoms with Gasteiger partial charge < -0.3 is 18.9 Å². The van der Waals surface area contributed by atoms with Crippen LogP contribution in [0.1, 0.15) is 290 Å². The third-order valence-electron chi connectivity index (χ3n) is 16.8. The fraction of sp³-hybridized carbons (Fsp3) is 0.693. The van der Waals surface area contributed by atoms with Crippen molar-refractivity contribution in [2.45, 2.75) is 299 Å². The molecule has 14 nitrogen and oxygen atoms in total. The molecular weight excluding hydrogens is 1210 g/mol. The lowest BCUT2D eigenvalue weighted by Crippen LogP contribution is -2.32. The topological polar surface area (TPSA) is 190 Å². The van der Waals surface area contributed by atoms with E-state index in [1.54, 1.807) is 36.4 Å². The summed E-state index contributed by atoms with van der Waals surface area (Å²) in [4.78, 5) is 0.00873. The molecule has 0 saturated carbocycles. The Balaban J connectivity index is 1.67. The summed E-state index contributed by atoms with van der Waals surface area (Å²) in [6.45, 7) is 10.3. The number of ether oxygens (including phenoxy) is 4. The van der Waals surface area contributed by atoms with E-state index in [-0.39, 0.29) is 40.9 Å². The minimum absolute atomic E-state index is 0.0234. The van der Waals surface area contributed by atoms with Gasteiger partial charge in [-0.05, 0) is 74.2 Å². The molecule has 0 bridgehead atoms. The molecule has 0 fully saturated rings. The monoisotopic (exact) mass is 1340 g/mol.